The summed E-state index contributed by atoms with van der Waals surface area (Å²) in [4.78, 5) is 15.2. The van der Waals surface area contributed by atoms with E-state index in [4.69, 9.17) is 0 Å². The molecular formula is C26H31N3O3S. The minimum Gasteiger partial charge on any atom is -0.352 e. The van der Waals surface area contributed by atoms with Gasteiger partial charge in [-0.3, -0.25) is 14.4 Å². The summed E-state index contributed by atoms with van der Waals surface area (Å²) in [7, 11) is -3.29. The zero-order chi connectivity index (χ0) is 23.4. The third-order valence-corrected chi connectivity index (χ3v) is 7.05. The molecule has 3 aromatic rings. The van der Waals surface area contributed by atoms with E-state index in [-0.39, 0.29) is 11.8 Å². The van der Waals surface area contributed by atoms with Crippen LogP contribution in [0.25, 0.3) is 10.8 Å². The summed E-state index contributed by atoms with van der Waals surface area (Å²) in [6, 6.07) is 22.3. The molecule has 2 N–H and O–H groups in total. The number of sulfonamides is 1. The maximum atomic E-state index is 12.7. The molecule has 33 heavy (non-hydrogen) atoms. The van der Waals surface area contributed by atoms with Gasteiger partial charge < -0.3 is 5.32 Å². The molecule has 0 aliphatic carbocycles. The maximum Gasteiger partial charge on any atom is 0.229 e. The molecule has 4 rings (SSSR count). The molecule has 1 heterocycles. The van der Waals surface area contributed by atoms with Gasteiger partial charge in [0.2, 0.25) is 15.9 Å². The Bertz CT molecular complexity index is 1210. The fourth-order valence-corrected chi connectivity index (χ4v) is 5.16. The van der Waals surface area contributed by atoms with Crippen molar-refractivity contribution in [1.29, 1.82) is 0 Å². The molecule has 0 unspecified atom stereocenters. The summed E-state index contributed by atoms with van der Waals surface area (Å²) in [6.45, 7) is 4.48. The Morgan fingerprint density at radius 3 is 2.36 bits per heavy atom. The number of fused-ring (bicyclic) bond motifs is 1. The highest BCUT2D eigenvalue weighted by atomic mass is 32.2. The monoisotopic (exact) mass is 465 g/mol. The van der Waals surface area contributed by atoms with Gasteiger partial charge in [0.05, 0.1) is 6.26 Å². The van der Waals surface area contributed by atoms with Crippen LogP contribution in [0.2, 0.25) is 0 Å². The van der Waals surface area contributed by atoms with Crippen LogP contribution in [0.3, 0.4) is 0 Å². The molecule has 0 saturated carbocycles. The van der Waals surface area contributed by atoms with Crippen LogP contribution in [-0.2, 0) is 21.4 Å². The number of likely N-dealkylation sites (tertiary alicyclic amines) is 1. The van der Waals surface area contributed by atoms with Crippen molar-refractivity contribution >= 4 is 32.4 Å². The molecule has 0 radical (unpaired) electrons. The molecule has 1 atom stereocenters. The number of hydrogen-bond acceptors (Lipinski definition) is 4. The minimum absolute atomic E-state index is 0.0205. The summed E-state index contributed by atoms with van der Waals surface area (Å²) in [5.74, 6) is 0.109. The number of amides is 1. The molecule has 6 nitrogen and oxygen atoms in total. The molecule has 1 aliphatic rings. The molecule has 0 aromatic heterocycles. The van der Waals surface area contributed by atoms with E-state index in [1.165, 1.54) is 16.3 Å². The second-order valence-electron chi connectivity index (χ2n) is 8.84. The van der Waals surface area contributed by atoms with Crippen molar-refractivity contribution in [1.82, 2.24) is 10.2 Å². The first kappa shape index (κ1) is 23.3. The normalized spacial score (nSPS) is 16.4. The lowest BCUT2D eigenvalue weighted by atomic mass is 9.92. The number of nitrogens with one attached hydrogen (secondary N) is 2. The first-order valence-electron chi connectivity index (χ1n) is 11.4. The lowest BCUT2D eigenvalue weighted by molar-refractivity contribution is -0.126. The molecule has 0 bridgehead atoms. The number of benzene rings is 3. The molecule has 174 valence electrons. The van der Waals surface area contributed by atoms with Gasteiger partial charge in [-0.2, -0.15) is 0 Å². The van der Waals surface area contributed by atoms with E-state index in [1.54, 1.807) is 12.1 Å². The maximum absolute atomic E-state index is 12.7. The van der Waals surface area contributed by atoms with E-state index in [9.17, 15) is 13.2 Å². The average Bonchev–Trinajstić information content (AvgIpc) is 2.82. The third-order valence-electron chi connectivity index (χ3n) is 6.45. The topological polar surface area (TPSA) is 78.5 Å². The third kappa shape index (κ3) is 5.92. The van der Waals surface area contributed by atoms with Crippen molar-refractivity contribution in [2.24, 2.45) is 5.92 Å². The number of piperidine rings is 1. The van der Waals surface area contributed by atoms with Crippen LogP contribution in [0.1, 0.15) is 36.9 Å². The summed E-state index contributed by atoms with van der Waals surface area (Å²) < 4.78 is 25.1. The number of carbonyl (C=O) groups is 1. The van der Waals surface area contributed by atoms with E-state index < -0.39 is 10.0 Å². The molecular weight excluding hydrogens is 434 g/mol. The quantitative estimate of drug-likeness (QED) is 0.545. The Balaban J connectivity index is 1.29. The second kappa shape index (κ2) is 9.93. The number of anilines is 1. The summed E-state index contributed by atoms with van der Waals surface area (Å²) >= 11 is 0. The van der Waals surface area contributed by atoms with Crippen molar-refractivity contribution in [2.75, 3.05) is 24.1 Å². The van der Waals surface area contributed by atoms with Crippen molar-refractivity contribution < 1.29 is 13.2 Å². The fourth-order valence-electron chi connectivity index (χ4n) is 4.60. The Morgan fingerprint density at radius 1 is 1.00 bits per heavy atom. The standard InChI is InChI=1S/C26H31N3O3S/c1-19(24-9-5-7-21-6-3-4-8-25(21)24)29-16-14-22(15-17-29)26(30)27-18-20-10-12-23(13-11-20)28-33(2,31)32/h3-13,19,22,28H,14-18H2,1-2H3,(H,27,30)/t19-/m1/s1. The van der Waals surface area contributed by atoms with E-state index in [0.29, 0.717) is 18.3 Å². The highest BCUT2D eigenvalue weighted by molar-refractivity contribution is 7.92. The molecule has 7 heteroatoms. The van der Waals surface area contributed by atoms with Crippen LogP contribution in [0, 0.1) is 5.92 Å². The smallest absolute Gasteiger partial charge is 0.229 e. The molecule has 3 aromatic carbocycles. The first-order chi connectivity index (χ1) is 15.8. The molecule has 1 aliphatic heterocycles. The van der Waals surface area contributed by atoms with E-state index in [1.807, 2.05) is 12.1 Å². The summed E-state index contributed by atoms with van der Waals surface area (Å²) in [6.07, 6.45) is 2.81. The van der Waals surface area contributed by atoms with Gasteiger partial charge in [0.1, 0.15) is 0 Å². The number of rotatable bonds is 7. The van der Waals surface area contributed by atoms with Gasteiger partial charge in [-0.25, -0.2) is 8.42 Å². The highest BCUT2D eigenvalue weighted by Crippen LogP contribution is 2.31. The second-order valence-corrected chi connectivity index (χ2v) is 10.6. The van der Waals surface area contributed by atoms with Crippen molar-refractivity contribution in [3.05, 3.63) is 77.9 Å². The van der Waals surface area contributed by atoms with Gasteiger partial charge in [-0.15, -0.1) is 0 Å². The zero-order valence-electron chi connectivity index (χ0n) is 19.1. The molecule has 1 amide bonds. The first-order valence-corrected chi connectivity index (χ1v) is 13.3. The predicted molar refractivity (Wildman–Crippen MR) is 133 cm³/mol. The largest absolute Gasteiger partial charge is 0.352 e. The fraction of sp³-hybridized carbons (Fsp3) is 0.346. The lowest BCUT2D eigenvalue weighted by Gasteiger charge is -2.36. The Kier molecular flexibility index (Phi) is 7.00. The van der Waals surface area contributed by atoms with Crippen LogP contribution in [-0.4, -0.2) is 38.6 Å². The van der Waals surface area contributed by atoms with Crippen LogP contribution >= 0.6 is 0 Å². The minimum atomic E-state index is -3.29. The van der Waals surface area contributed by atoms with Gasteiger partial charge in [-0.1, -0.05) is 54.6 Å². The number of carbonyl (C=O) groups excluding carboxylic acids is 1. The van der Waals surface area contributed by atoms with Crippen molar-refractivity contribution in [2.45, 2.75) is 32.4 Å². The van der Waals surface area contributed by atoms with E-state index in [0.717, 1.165) is 37.8 Å². The van der Waals surface area contributed by atoms with Gasteiger partial charge >= 0.3 is 0 Å². The van der Waals surface area contributed by atoms with Crippen molar-refractivity contribution in [3.63, 3.8) is 0 Å². The lowest BCUT2D eigenvalue weighted by Crippen LogP contribution is -2.41. The van der Waals surface area contributed by atoms with Crippen LogP contribution in [0.15, 0.2) is 66.7 Å². The SMILES string of the molecule is C[C@H](c1cccc2ccccc12)N1CCC(C(=O)NCc2ccc(NS(C)(=O)=O)cc2)CC1. The number of nitrogens with zero attached hydrogens (tertiary/aromatic N) is 1. The van der Waals surface area contributed by atoms with Gasteiger partial charge in [0.25, 0.3) is 0 Å². The number of hydrogen-bond donors (Lipinski definition) is 2. The van der Waals surface area contributed by atoms with Crippen LogP contribution < -0.4 is 10.0 Å². The molecule has 1 fully saturated rings. The van der Waals surface area contributed by atoms with Gasteiger partial charge in [0.15, 0.2) is 0 Å². The zero-order valence-corrected chi connectivity index (χ0v) is 19.9. The van der Waals surface area contributed by atoms with Crippen molar-refractivity contribution in [3.8, 4) is 0 Å². The summed E-state index contributed by atoms with van der Waals surface area (Å²) in [5, 5.41) is 5.60. The van der Waals surface area contributed by atoms with Gasteiger partial charge in [0, 0.05) is 24.2 Å². The highest BCUT2D eigenvalue weighted by Gasteiger charge is 2.28. The predicted octanol–water partition coefficient (Wildman–Crippen LogP) is 4.30. The van der Waals surface area contributed by atoms with E-state index in [2.05, 4.69) is 64.3 Å². The summed E-state index contributed by atoms with van der Waals surface area (Å²) in [5.41, 5.74) is 2.79. The Hall–Kier alpha value is -2.90. The molecule has 1 saturated heterocycles. The average molecular weight is 466 g/mol. The van der Waals surface area contributed by atoms with Crippen LogP contribution in [0.5, 0.6) is 0 Å². The van der Waals surface area contributed by atoms with Crippen LogP contribution in [0.4, 0.5) is 5.69 Å². The Labute approximate surface area is 196 Å². The Morgan fingerprint density at radius 2 is 1.67 bits per heavy atom. The van der Waals surface area contributed by atoms with E-state index >= 15 is 0 Å². The molecule has 0 spiro atoms. The van der Waals surface area contributed by atoms with Gasteiger partial charge in [-0.05, 0) is 66.9 Å².